The van der Waals surface area contributed by atoms with Crippen LogP contribution < -0.4 is 9.47 Å². The highest BCUT2D eigenvalue weighted by molar-refractivity contribution is 14.1. The molecule has 0 fully saturated rings. The number of hydrogen-bond donors (Lipinski definition) is 1. The number of aryl methyl sites for hydroxylation is 1. The van der Waals surface area contributed by atoms with E-state index >= 15 is 0 Å². The van der Waals surface area contributed by atoms with Crippen molar-refractivity contribution in [2.24, 2.45) is 0 Å². The lowest BCUT2D eigenvalue weighted by atomic mass is 10.0. The van der Waals surface area contributed by atoms with E-state index in [9.17, 15) is 10.1 Å². The Labute approximate surface area is 159 Å². The Hall–Kier alpha value is -2.53. The van der Waals surface area contributed by atoms with Gasteiger partial charge in [0.25, 0.3) is 0 Å². The van der Waals surface area contributed by atoms with E-state index in [1.54, 1.807) is 12.1 Å². The Morgan fingerprint density at radius 1 is 1.32 bits per heavy atom. The first-order valence-electron chi connectivity index (χ1n) is 7.35. The molecule has 0 aliphatic heterocycles. The van der Waals surface area contributed by atoms with Gasteiger partial charge in [0.2, 0.25) is 0 Å². The molecule has 0 aromatic heterocycles. The summed E-state index contributed by atoms with van der Waals surface area (Å²) in [6.07, 6.45) is 1.76. The van der Waals surface area contributed by atoms with Gasteiger partial charge in [0.15, 0.2) is 18.1 Å². The van der Waals surface area contributed by atoms with Gasteiger partial charge >= 0.3 is 5.97 Å². The third-order valence-corrected chi connectivity index (χ3v) is 4.19. The molecule has 25 heavy (non-hydrogen) atoms. The third-order valence-electron chi connectivity index (χ3n) is 3.39. The topological polar surface area (TPSA) is 79.5 Å². The summed E-state index contributed by atoms with van der Waals surface area (Å²) in [6, 6.07) is 13.4. The molecule has 0 saturated heterocycles. The molecule has 128 valence electrons. The molecule has 0 bridgehead atoms. The maximum Gasteiger partial charge on any atom is 0.341 e. The molecule has 5 nitrogen and oxygen atoms in total. The summed E-state index contributed by atoms with van der Waals surface area (Å²) in [7, 11) is 1.48. The normalized spacial score (nSPS) is 10.9. The van der Waals surface area contributed by atoms with Crippen LogP contribution in [-0.2, 0) is 4.79 Å². The van der Waals surface area contributed by atoms with Gasteiger partial charge in [-0.25, -0.2) is 4.79 Å². The quantitative estimate of drug-likeness (QED) is 0.408. The Morgan fingerprint density at radius 2 is 2.00 bits per heavy atom. The van der Waals surface area contributed by atoms with Crippen LogP contribution in [0.25, 0.3) is 11.6 Å². The number of allylic oxidation sites excluding steroid dienone is 1. The predicted molar refractivity (Wildman–Crippen MR) is 104 cm³/mol. The van der Waals surface area contributed by atoms with Crippen molar-refractivity contribution < 1.29 is 19.4 Å². The van der Waals surface area contributed by atoms with Crippen molar-refractivity contribution in [3.05, 3.63) is 56.7 Å². The zero-order chi connectivity index (χ0) is 18.4. The van der Waals surface area contributed by atoms with Crippen LogP contribution in [0.5, 0.6) is 11.5 Å². The molecule has 2 aromatic carbocycles. The van der Waals surface area contributed by atoms with Crippen molar-refractivity contribution in [1.82, 2.24) is 0 Å². The number of nitrogens with zero attached hydrogens (tertiary/aromatic N) is 1. The summed E-state index contributed by atoms with van der Waals surface area (Å²) >= 11 is 2.05. The first-order chi connectivity index (χ1) is 11.9. The molecule has 1 N–H and O–H groups in total. The Bertz CT molecular complexity index is 851. The zero-order valence-corrected chi connectivity index (χ0v) is 15.9. The molecule has 0 saturated carbocycles. The maximum atomic E-state index is 10.7. The summed E-state index contributed by atoms with van der Waals surface area (Å²) in [6.45, 7) is 1.54. The number of nitriles is 1. The highest BCUT2D eigenvalue weighted by Crippen LogP contribution is 2.35. The molecule has 2 rings (SSSR count). The molecule has 0 aliphatic rings. The fraction of sp³-hybridized carbons (Fsp3) is 0.158. The second-order valence-electron chi connectivity index (χ2n) is 5.25. The van der Waals surface area contributed by atoms with Crippen LogP contribution in [0.3, 0.4) is 0 Å². The molecule has 6 heteroatoms. The molecule has 0 atom stereocenters. The van der Waals surface area contributed by atoms with Crippen molar-refractivity contribution in [3.63, 3.8) is 0 Å². The summed E-state index contributed by atoms with van der Waals surface area (Å²) in [5.41, 5.74) is 3.24. The molecule has 0 aliphatic carbocycles. The maximum absolute atomic E-state index is 10.7. The molecule has 0 radical (unpaired) electrons. The highest BCUT2D eigenvalue weighted by atomic mass is 127. The minimum atomic E-state index is -1.06. The average molecular weight is 449 g/mol. The van der Waals surface area contributed by atoms with Crippen LogP contribution >= 0.6 is 22.6 Å². The standard InChI is InChI=1S/C19H16INO4/c1-12-3-5-14(6-4-12)15(10-21)7-13-8-16(20)19(17(9-13)24-2)25-11-18(22)23/h3-9H,11H2,1-2H3,(H,22,23)/b15-7+. The number of carboxylic acids is 1. The van der Waals surface area contributed by atoms with E-state index in [4.69, 9.17) is 14.6 Å². The fourth-order valence-electron chi connectivity index (χ4n) is 2.18. The molecular weight excluding hydrogens is 433 g/mol. The lowest BCUT2D eigenvalue weighted by molar-refractivity contribution is -0.139. The van der Waals surface area contributed by atoms with Crippen molar-refractivity contribution in [3.8, 4) is 17.6 Å². The number of carboxylic acid groups (broad SMARTS) is 1. The van der Waals surface area contributed by atoms with Gasteiger partial charge in [-0.05, 0) is 58.9 Å². The SMILES string of the molecule is COc1cc(/C=C(\C#N)c2ccc(C)cc2)cc(I)c1OCC(=O)O. The van der Waals surface area contributed by atoms with E-state index in [2.05, 4.69) is 6.07 Å². The number of carbonyl (C=O) groups is 1. The number of benzene rings is 2. The van der Waals surface area contributed by atoms with Gasteiger partial charge in [0.1, 0.15) is 0 Å². The third kappa shape index (κ3) is 4.97. The minimum Gasteiger partial charge on any atom is -0.493 e. The van der Waals surface area contributed by atoms with Crippen LogP contribution in [0, 0.1) is 21.8 Å². The lowest BCUT2D eigenvalue weighted by Gasteiger charge is -2.12. The van der Waals surface area contributed by atoms with E-state index in [1.165, 1.54) is 7.11 Å². The van der Waals surface area contributed by atoms with Gasteiger partial charge in [-0.1, -0.05) is 29.8 Å². The van der Waals surface area contributed by atoms with Crippen LogP contribution in [0.4, 0.5) is 0 Å². The Kier molecular flexibility index (Phi) is 6.42. The van der Waals surface area contributed by atoms with Gasteiger partial charge in [-0.2, -0.15) is 5.26 Å². The summed E-state index contributed by atoms with van der Waals surface area (Å²) in [5.74, 6) is -0.273. The molecule has 0 unspecified atom stereocenters. The number of hydrogen-bond acceptors (Lipinski definition) is 4. The Morgan fingerprint density at radius 3 is 2.56 bits per heavy atom. The van der Waals surface area contributed by atoms with Crippen molar-refractivity contribution in [2.75, 3.05) is 13.7 Å². The smallest absolute Gasteiger partial charge is 0.341 e. The second-order valence-corrected chi connectivity index (χ2v) is 6.41. The van der Waals surface area contributed by atoms with Crippen LogP contribution in [-0.4, -0.2) is 24.8 Å². The van der Waals surface area contributed by atoms with E-state index < -0.39 is 12.6 Å². The summed E-state index contributed by atoms with van der Waals surface area (Å²) < 4.78 is 11.3. The molecule has 0 amide bonds. The first kappa shape index (κ1) is 18.8. The number of methoxy groups -OCH3 is 1. The van der Waals surface area contributed by atoms with E-state index in [-0.39, 0.29) is 0 Å². The molecule has 0 heterocycles. The molecule has 0 spiro atoms. The van der Waals surface area contributed by atoms with Gasteiger partial charge in [0.05, 0.1) is 22.3 Å². The predicted octanol–water partition coefficient (Wildman–Crippen LogP) is 4.14. The van der Waals surface area contributed by atoms with Crippen LogP contribution in [0.2, 0.25) is 0 Å². The van der Waals surface area contributed by atoms with Gasteiger partial charge < -0.3 is 14.6 Å². The van der Waals surface area contributed by atoms with Gasteiger partial charge in [0, 0.05) is 0 Å². The first-order valence-corrected chi connectivity index (χ1v) is 8.43. The van der Waals surface area contributed by atoms with Crippen LogP contribution in [0.1, 0.15) is 16.7 Å². The van der Waals surface area contributed by atoms with Crippen molar-refractivity contribution in [1.29, 1.82) is 5.26 Å². The van der Waals surface area contributed by atoms with Crippen molar-refractivity contribution >= 4 is 40.2 Å². The Balaban J connectivity index is 2.41. The van der Waals surface area contributed by atoms with Crippen LogP contribution in [0.15, 0.2) is 36.4 Å². The second kappa shape index (κ2) is 8.53. The molecular formula is C19H16INO4. The number of halogens is 1. The van der Waals surface area contributed by atoms with E-state index in [0.717, 1.165) is 16.7 Å². The minimum absolute atomic E-state index is 0.372. The largest absolute Gasteiger partial charge is 0.493 e. The van der Waals surface area contributed by atoms with E-state index in [1.807, 2.05) is 59.8 Å². The fourth-order valence-corrected chi connectivity index (χ4v) is 2.96. The number of rotatable bonds is 6. The molecule has 2 aromatic rings. The average Bonchev–Trinajstić information content (AvgIpc) is 2.59. The number of ether oxygens (including phenoxy) is 2. The summed E-state index contributed by atoms with van der Waals surface area (Å²) in [4.78, 5) is 10.7. The van der Waals surface area contributed by atoms with Gasteiger partial charge in [-0.3, -0.25) is 0 Å². The zero-order valence-electron chi connectivity index (χ0n) is 13.7. The monoisotopic (exact) mass is 449 g/mol. The van der Waals surface area contributed by atoms with Crippen molar-refractivity contribution in [2.45, 2.75) is 6.92 Å². The highest BCUT2D eigenvalue weighted by Gasteiger charge is 2.13. The number of aliphatic carboxylic acids is 1. The van der Waals surface area contributed by atoms with Gasteiger partial charge in [-0.15, -0.1) is 0 Å². The van der Waals surface area contributed by atoms with E-state index in [0.29, 0.717) is 20.6 Å². The summed E-state index contributed by atoms with van der Waals surface area (Å²) in [5, 5.41) is 18.2. The lowest BCUT2D eigenvalue weighted by Crippen LogP contribution is -2.11.